The van der Waals surface area contributed by atoms with E-state index < -0.39 is 42.0 Å². The van der Waals surface area contributed by atoms with Crippen LogP contribution in [0.4, 0.5) is 22.0 Å². The zero-order chi connectivity index (χ0) is 23.5. The summed E-state index contributed by atoms with van der Waals surface area (Å²) in [6.45, 7) is -0.453. The first-order valence-corrected chi connectivity index (χ1v) is 10.2. The zero-order valence-corrected chi connectivity index (χ0v) is 16.9. The molecule has 0 radical (unpaired) electrons. The minimum Gasteiger partial charge on any atom is -0.351 e. The molecule has 2 aromatic rings. The van der Waals surface area contributed by atoms with E-state index in [1.54, 1.807) is 0 Å². The van der Waals surface area contributed by atoms with Crippen molar-refractivity contribution in [2.45, 2.75) is 50.2 Å². The van der Waals surface area contributed by atoms with E-state index in [2.05, 4.69) is 24.7 Å². The van der Waals surface area contributed by atoms with E-state index in [4.69, 9.17) is 0 Å². The maximum absolute atomic E-state index is 14.8. The minimum atomic E-state index is -4.83. The second-order valence-corrected chi connectivity index (χ2v) is 8.26. The van der Waals surface area contributed by atoms with Crippen molar-refractivity contribution in [3.8, 4) is 11.4 Å². The summed E-state index contributed by atoms with van der Waals surface area (Å²) in [6.07, 6.45) is -7.04. The minimum absolute atomic E-state index is 0.0273. The summed E-state index contributed by atoms with van der Waals surface area (Å²) in [5.41, 5.74) is 0.491. The number of carbonyl (C=O) groups excluding carboxylic acids is 2. The number of amides is 2. The summed E-state index contributed by atoms with van der Waals surface area (Å²) in [6, 6.07) is 1.31. The number of alkyl halides is 5. The summed E-state index contributed by atoms with van der Waals surface area (Å²) in [4.78, 5) is 29.5. The lowest BCUT2D eigenvalue weighted by atomic mass is 9.99. The molecule has 1 saturated heterocycles. The van der Waals surface area contributed by atoms with Crippen LogP contribution in [-0.2, 0) is 22.3 Å². The van der Waals surface area contributed by atoms with Gasteiger partial charge in [0.05, 0.1) is 12.6 Å². The molecule has 1 aromatic carbocycles. The highest BCUT2D eigenvalue weighted by Gasteiger charge is 2.55. The van der Waals surface area contributed by atoms with Crippen molar-refractivity contribution in [1.29, 1.82) is 0 Å². The number of hydrogen-bond donors (Lipinski definition) is 1. The largest absolute Gasteiger partial charge is 0.471 e. The summed E-state index contributed by atoms with van der Waals surface area (Å²) in [5.74, 6) is -3.22. The number of nitrogens with one attached hydrogen (secondary N) is 1. The lowest BCUT2D eigenvalue weighted by Gasteiger charge is -2.42. The number of aromatic nitrogens is 2. The number of hydrogen-bond acceptors (Lipinski definition) is 6. The topological polar surface area (TPSA) is 97.6 Å². The first-order valence-electron chi connectivity index (χ1n) is 10.2. The molecule has 3 aliphatic rings. The van der Waals surface area contributed by atoms with Crippen LogP contribution >= 0.6 is 0 Å². The van der Waals surface area contributed by atoms with Gasteiger partial charge in [-0.2, -0.15) is 26.9 Å². The molecule has 0 spiro atoms. The number of nitrogens with zero attached hydrogens (tertiary/aromatic N) is 3. The average Bonchev–Trinajstić information content (AvgIpc) is 3.38. The molecule has 8 nitrogen and oxygen atoms in total. The van der Waals surface area contributed by atoms with Crippen LogP contribution in [0.25, 0.3) is 11.4 Å². The maximum atomic E-state index is 14.8. The molecule has 0 bridgehead atoms. The third kappa shape index (κ3) is 3.94. The van der Waals surface area contributed by atoms with Crippen LogP contribution < -0.4 is 5.32 Å². The monoisotopic (exact) mass is 472 g/mol. The molecule has 1 aromatic heterocycles. The van der Waals surface area contributed by atoms with Crippen LogP contribution in [0.2, 0.25) is 0 Å². The molecule has 2 aliphatic heterocycles. The maximum Gasteiger partial charge on any atom is 0.471 e. The Labute approximate surface area is 183 Å². The molecule has 2 atom stereocenters. The van der Waals surface area contributed by atoms with Gasteiger partial charge in [0.2, 0.25) is 11.7 Å². The number of ether oxygens (including phenoxy) is 1. The molecule has 33 heavy (non-hydrogen) atoms. The van der Waals surface area contributed by atoms with Gasteiger partial charge in [0.15, 0.2) is 0 Å². The predicted molar refractivity (Wildman–Crippen MR) is 98.6 cm³/mol. The van der Waals surface area contributed by atoms with Gasteiger partial charge in [0.25, 0.3) is 5.91 Å². The molecule has 1 aliphatic carbocycles. The lowest BCUT2D eigenvalue weighted by Crippen LogP contribution is -2.63. The molecule has 1 saturated carbocycles. The second-order valence-electron chi connectivity index (χ2n) is 8.26. The molecule has 2 amide bonds. The van der Waals surface area contributed by atoms with Crippen molar-refractivity contribution in [3.63, 3.8) is 0 Å². The molecular weight excluding hydrogens is 455 g/mol. The Kier molecular flexibility index (Phi) is 4.92. The van der Waals surface area contributed by atoms with Crippen LogP contribution in [0.3, 0.4) is 0 Å². The van der Waals surface area contributed by atoms with Crippen molar-refractivity contribution in [2.24, 2.45) is 5.92 Å². The highest BCUT2D eigenvalue weighted by atomic mass is 19.4. The Morgan fingerprint density at radius 3 is 2.64 bits per heavy atom. The number of benzene rings is 1. The van der Waals surface area contributed by atoms with E-state index in [9.17, 15) is 31.5 Å². The molecule has 176 valence electrons. The Morgan fingerprint density at radius 1 is 1.21 bits per heavy atom. The smallest absolute Gasteiger partial charge is 0.351 e. The molecule has 2 fully saturated rings. The first-order chi connectivity index (χ1) is 15.5. The van der Waals surface area contributed by atoms with Gasteiger partial charge in [-0.15, -0.1) is 0 Å². The summed E-state index contributed by atoms with van der Waals surface area (Å²) in [7, 11) is 0. The summed E-state index contributed by atoms with van der Waals surface area (Å²) < 4.78 is 76.6. The molecule has 13 heteroatoms. The average molecular weight is 472 g/mol. The van der Waals surface area contributed by atoms with Crippen LogP contribution in [0.5, 0.6) is 0 Å². The number of halogens is 5. The zero-order valence-electron chi connectivity index (χ0n) is 16.9. The highest BCUT2D eigenvalue weighted by Crippen LogP contribution is 2.39. The van der Waals surface area contributed by atoms with Crippen molar-refractivity contribution in [1.82, 2.24) is 20.4 Å². The van der Waals surface area contributed by atoms with Gasteiger partial charge in [-0.25, -0.2) is 0 Å². The number of rotatable bonds is 4. The van der Waals surface area contributed by atoms with E-state index in [0.717, 1.165) is 4.90 Å². The first kappa shape index (κ1) is 21.7. The van der Waals surface area contributed by atoms with Gasteiger partial charge in [0, 0.05) is 23.6 Å². The fraction of sp³-hybridized carbons (Fsp3) is 0.500. The van der Waals surface area contributed by atoms with E-state index in [1.807, 2.05) is 0 Å². The van der Waals surface area contributed by atoms with Crippen molar-refractivity contribution in [2.75, 3.05) is 6.61 Å². The quantitative estimate of drug-likeness (QED) is 0.688. The Balaban J connectivity index is 1.42. The third-order valence-corrected chi connectivity index (χ3v) is 5.93. The lowest BCUT2D eigenvalue weighted by molar-refractivity contribution is -0.292. The Hall–Kier alpha value is -3.09. The van der Waals surface area contributed by atoms with Gasteiger partial charge in [-0.1, -0.05) is 17.3 Å². The fourth-order valence-electron chi connectivity index (χ4n) is 4.14. The SMILES string of the molecule is O=C(N[C@H]1CCOC(F)(F)[C@H]1N1Cc2ccc(-c3noc(C(F)(F)F)n3)cc2C1=O)C1CC1. The number of fused-ring (bicyclic) bond motifs is 1. The normalized spacial score (nSPS) is 24.6. The van der Waals surface area contributed by atoms with Gasteiger partial charge in [-0.05, 0) is 30.9 Å². The van der Waals surface area contributed by atoms with Crippen LogP contribution in [0, 0.1) is 5.92 Å². The van der Waals surface area contributed by atoms with Crippen LogP contribution in [0.1, 0.15) is 41.1 Å². The summed E-state index contributed by atoms with van der Waals surface area (Å²) in [5, 5.41) is 5.92. The van der Waals surface area contributed by atoms with Crippen molar-refractivity contribution >= 4 is 11.8 Å². The van der Waals surface area contributed by atoms with E-state index >= 15 is 0 Å². The van der Waals surface area contributed by atoms with Gasteiger partial charge in [0.1, 0.15) is 6.04 Å². The van der Waals surface area contributed by atoms with Gasteiger partial charge < -0.3 is 19.5 Å². The highest BCUT2D eigenvalue weighted by molar-refractivity contribution is 5.99. The fourth-order valence-corrected chi connectivity index (χ4v) is 4.14. The second kappa shape index (κ2) is 7.47. The Bertz CT molecular complexity index is 1110. The molecular formula is C20H17F5N4O4. The van der Waals surface area contributed by atoms with Gasteiger partial charge >= 0.3 is 18.2 Å². The number of carbonyl (C=O) groups is 2. The van der Waals surface area contributed by atoms with Gasteiger partial charge in [-0.3, -0.25) is 9.59 Å². The van der Waals surface area contributed by atoms with Crippen molar-refractivity contribution < 1.29 is 40.8 Å². The standard InChI is InChI=1S/C20H17F5N4O4/c21-19(22,23)18-27-15(28-33-18)10-3-4-11-8-29(17(31)12(11)7-10)14-13(5-6-32-20(14,24)25)26-16(30)9-1-2-9/h3-4,7,9,13-14H,1-2,5-6,8H2,(H,26,30)/t13-,14-/m0/s1. The summed E-state index contributed by atoms with van der Waals surface area (Å²) >= 11 is 0. The van der Waals surface area contributed by atoms with Crippen molar-refractivity contribution in [3.05, 3.63) is 35.2 Å². The predicted octanol–water partition coefficient (Wildman–Crippen LogP) is 2.99. The molecule has 5 rings (SSSR count). The van der Waals surface area contributed by atoms with Crippen LogP contribution in [0.15, 0.2) is 22.7 Å². The van der Waals surface area contributed by atoms with E-state index in [0.29, 0.717) is 18.4 Å². The van der Waals surface area contributed by atoms with E-state index in [-0.39, 0.29) is 42.5 Å². The molecule has 1 N–H and O–H groups in total. The molecule has 3 heterocycles. The Morgan fingerprint density at radius 2 is 1.97 bits per heavy atom. The van der Waals surface area contributed by atoms with E-state index in [1.165, 1.54) is 18.2 Å². The third-order valence-electron chi connectivity index (χ3n) is 5.93. The molecule has 0 unspecified atom stereocenters. The van der Waals surface area contributed by atoms with Crippen LogP contribution in [-0.4, -0.2) is 51.7 Å².